The smallest absolute Gasteiger partial charge is 0.161 e. The Kier molecular flexibility index (Phi) is 4.39. The van der Waals surface area contributed by atoms with Gasteiger partial charge in [0.05, 0.1) is 0 Å². The van der Waals surface area contributed by atoms with Crippen LogP contribution in [0.15, 0.2) is 30.3 Å². The average Bonchev–Trinajstić information content (AvgIpc) is 2.55. The zero-order chi connectivity index (χ0) is 15.5. The standard InChI is InChI=1S/C18H24N4/c1-3-16-13(2)20-17(14-7-5-4-6-8-14)21-18(16)22-11-9-15(19)10-12-22/h4-8,15H,3,9-12,19H2,1-2H3. The highest BCUT2D eigenvalue weighted by atomic mass is 15.2. The molecule has 22 heavy (non-hydrogen) atoms. The van der Waals surface area contributed by atoms with E-state index in [0.717, 1.165) is 55.3 Å². The number of piperidine rings is 1. The first-order chi connectivity index (χ1) is 10.7. The zero-order valence-corrected chi connectivity index (χ0v) is 13.4. The molecule has 4 heteroatoms. The minimum atomic E-state index is 0.331. The van der Waals surface area contributed by atoms with E-state index in [4.69, 9.17) is 15.7 Å². The fraction of sp³-hybridized carbons (Fsp3) is 0.444. The highest BCUT2D eigenvalue weighted by Gasteiger charge is 2.21. The Labute approximate surface area is 132 Å². The molecule has 0 bridgehead atoms. The van der Waals surface area contributed by atoms with Crippen molar-refractivity contribution in [1.82, 2.24) is 9.97 Å². The van der Waals surface area contributed by atoms with Gasteiger partial charge in [-0.25, -0.2) is 9.97 Å². The second-order valence-electron chi connectivity index (χ2n) is 5.98. The van der Waals surface area contributed by atoms with Gasteiger partial charge in [-0.2, -0.15) is 0 Å². The molecular formula is C18H24N4. The van der Waals surface area contributed by atoms with Crippen LogP contribution >= 0.6 is 0 Å². The van der Waals surface area contributed by atoms with Crippen LogP contribution in [0, 0.1) is 6.92 Å². The molecule has 3 rings (SSSR count). The summed E-state index contributed by atoms with van der Waals surface area (Å²) < 4.78 is 0. The van der Waals surface area contributed by atoms with E-state index in [1.807, 2.05) is 18.2 Å². The van der Waals surface area contributed by atoms with Crippen LogP contribution in [0.4, 0.5) is 5.82 Å². The van der Waals surface area contributed by atoms with E-state index in [1.54, 1.807) is 0 Å². The van der Waals surface area contributed by atoms with Gasteiger partial charge < -0.3 is 10.6 Å². The van der Waals surface area contributed by atoms with Gasteiger partial charge in [0.1, 0.15) is 5.82 Å². The van der Waals surface area contributed by atoms with E-state index >= 15 is 0 Å². The van der Waals surface area contributed by atoms with E-state index in [9.17, 15) is 0 Å². The largest absolute Gasteiger partial charge is 0.356 e. The lowest BCUT2D eigenvalue weighted by Crippen LogP contribution is -2.40. The fourth-order valence-corrected chi connectivity index (χ4v) is 3.08. The summed E-state index contributed by atoms with van der Waals surface area (Å²) in [5, 5.41) is 0. The monoisotopic (exact) mass is 296 g/mol. The summed E-state index contributed by atoms with van der Waals surface area (Å²) in [5.41, 5.74) is 9.45. The van der Waals surface area contributed by atoms with Gasteiger partial charge in [0.15, 0.2) is 5.82 Å². The quantitative estimate of drug-likeness (QED) is 0.946. The summed E-state index contributed by atoms with van der Waals surface area (Å²) in [4.78, 5) is 12.0. The third-order valence-electron chi connectivity index (χ3n) is 4.42. The van der Waals surface area contributed by atoms with E-state index in [2.05, 4.69) is 30.9 Å². The number of aryl methyl sites for hydroxylation is 1. The van der Waals surface area contributed by atoms with Crippen molar-refractivity contribution in [3.8, 4) is 11.4 Å². The van der Waals surface area contributed by atoms with E-state index in [1.165, 1.54) is 5.56 Å². The number of hydrogen-bond donors (Lipinski definition) is 1. The Morgan fingerprint density at radius 2 is 1.82 bits per heavy atom. The Hall–Kier alpha value is -1.94. The molecule has 1 aromatic heterocycles. The molecule has 0 unspecified atom stereocenters. The highest BCUT2D eigenvalue weighted by molar-refractivity contribution is 5.60. The molecule has 2 heterocycles. The van der Waals surface area contributed by atoms with Crippen molar-refractivity contribution < 1.29 is 0 Å². The molecule has 1 saturated heterocycles. The SMILES string of the molecule is CCc1c(C)nc(-c2ccccc2)nc1N1CCC(N)CC1. The third kappa shape index (κ3) is 2.97. The predicted molar refractivity (Wildman–Crippen MR) is 91.0 cm³/mol. The van der Waals surface area contributed by atoms with Gasteiger partial charge in [-0.15, -0.1) is 0 Å². The van der Waals surface area contributed by atoms with Crippen molar-refractivity contribution in [2.75, 3.05) is 18.0 Å². The molecule has 2 aromatic rings. The second kappa shape index (κ2) is 6.44. The van der Waals surface area contributed by atoms with Crippen molar-refractivity contribution in [3.63, 3.8) is 0 Å². The average molecular weight is 296 g/mol. The molecular weight excluding hydrogens is 272 g/mol. The summed E-state index contributed by atoms with van der Waals surface area (Å²) in [6.45, 7) is 6.23. The van der Waals surface area contributed by atoms with Gasteiger partial charge in [0.2, 0.25) is 0 Å². The summed E-state index contributed by atoms with van der Waals surface area (Å²) in [5.74, 6) is 1.92. The molecule has 0 saturated carbocycles. The lowest BCUT2D eigenvalue weighted by atomic mass is 10.0. The second-order valence-corrected chi connectivity index (χ2v) is 5.98. The van der Waals surface area contributed by atoms with Crippen molar-refractivity contribution >= 4 is 5.82 Å². The normalized spacial score (nSPS) is 16.0. The lowest BCUT2D eigenvalue weighted by molar-refractivity contribution is 0.497. The molecule has 1 aliphatic rings. The number of aromatic nitrogens is 2. The van der Waals surface area contributed by atoms with Gasteiger partial charge in [0, 0.05) is 36.0 Å². The number of hydrogen-bond acceptors (Lipinski definition) is 4. The molecule has 0 aliphatic carbocycles. The van der Waals surface area contributed by atoms with Gasteiger partial charge in [-0.3, -0.25) is 0 Å². The Bertz CT molecular complexity index is 631. The van der Waals surface area contributed by atoms with Crippen molar-refractivity contribution in [2.45, 2.75) is 39.2 Å². The first-order valence-corrected chi connectivity index (χ1v) is 8.12. The molecule has 0 spiro atoms. The fourth-order valence-electron chi connectivity index (χ4n) is 3.08. The topological polar surface area (TPSA) is 55.0 Å². The van der Waals surface area contributed by atoms with Crippen LogP contribution in [0.2, 0.25) is 0 Å². The van der Waals surface area contributed by atoms with Crippen LogP contribution in [0.5, 0.6) is 0 Å². The number of nitrogens with zero attached hydrogens (tertiary/aromatic N) is 3. The molecule has 2 N–H and O–H groups in total. The molecule has 1 aliphatic heterocycles. The van der Waals surface area contributed by atoms with Crippen molar-refractivity contribution in [3.05, 3.63) is 41.6 Å². The molecule has 0 amide bonds. The molecule has 0 radical (unpaired) electrons. The maximum atomic E-state index is 6.04. The maximum absolute atomic E-state index is 6.04. The van der Waals surface area contributed by atoms with Crippen molar-refractivity contribution in [1.29, 1.82) is 0 Å². The lowest BCUT2D eigenvalue weighted by Gasteiger charge is -2.32. The summed E-state index contributed by atoms with van der Waals surface area (Å²) >= 11 is 0. The van der Waals surface area contributed by atoms with Crippen LogP contribution in [-0.2, 0) is 6.42 Å². The third-order valence-corrected chi connectivity index (χ3v) is 4.42. The zero-order valence-electron chi connectivity index (χ0n) is 13.4. The van der Waals surface area contributed by atoms with Crippen LogP contribution in [0.25, 0.3) is 11.4 Å². The maximum Gasteiger partial charge on any atom is 0.161 e. The first kappa shape index (κ1) is 15.0. The van der Waals surface area contributed by atoms with Crippen LogP contribution in [0.1, 0.15) is 31.0 Å². The first-order valence-electron chi connectivity index (χ1n) is 8.12. The van der Waals surface area contributed by atoms with E-state index in [0.29, 0.717) is 6.04 Å². The Morgan fingerprint density at radius 3 is 2.45 bits per heavy atom. The number of benzene rings is 1. The Balaban J connectivity index is 2.02. The summed E-state index contributed by atoms with van der Waals surface area (Å²) in [7, 11) is 0. The molecule has 0 atom stereocenters. The van der Waals surface area contributed by atoms with Crippen LogP contribution < -0.4 is 10.6 Å². The van der Waals surface area contributed by atoms with Gasteiger partial charge in [-0.1, -0.05) is 37.3 Å². The molecule has 1 fully saturated rings. The highest BCUT2D eigenvalue weighted by Crippen LogP contribution is 2.27. The van der Waals surface area contributed by atoms with E-state index < -0.39 is 0 Å². The predicted octanol–water partition coefficient (Wildman–Crippen LogP) is 2.94. The molecule has 4 nitrogen and oxygen atoms in total. The summed E-state index contributed by atoms with van der Waals surface area (Å²) in [6, 6.07) is 10.5. The minimum Gasteiger partial charge on any atom is -0.356 e. The molecule has 1 aromatic carbocycles. The van der Waals surface area contributed by atoms with Gasteiger partial charge in [0.25, 0.3) is 0 Å². The number of rotatable bonds is 3. The van der Waals surface area contributed by atoms with Gasteiger partial charge in [-0.05, 0) is 26.2 Å². The van der Waals surface area contributed by atoms with Gasteiger partial charge >= 0.3 is 0 Å². The van der Waals surface area contributed by atoms with E-state index in [-0.39, 0.29) is 0 Å². The van der Waals surface area contributed by atoms with Crippen LogP contribution in [-0.4, -0.2) is 29.1 Å². The van der Waals surface area contributed by atoms with Crippen LogP contribution in [0.3, 0.4) is 0 Å². The van der Waals surface area contributed by atoms with Crippen molar-refractivity contribution in [2.24, 2.45) is 5.73 Å². The number of anilines is 1. The molecule has 116 valence electrons. The number of nitrogens with two attached hydrogens (primary N) is 1. The summed E-state index contributed by atoms with van der Waals surface area (Å²) in [6.07, 6.45) is 3.03. The minimum absolute atomic E-state index is 0.331. The Morgan fingerprint density at radius 1 is 1.14 bits per heavy atom.